The number of hydrogen-bond donors (Lipinski definition) is 2. The summed E-state index contributed by atoms with van der Waals surface area (Å²) in [5.41, 5.74) is 0.983. The SMILES string of the molecule is CC(Cc1ccccc1)C(=O)C(=O)NCCNS(=O)(=O)c1ccccc1. The summed E-state index contributed by atoms with van der Waals surface area (Å²) < 4.78 is 26.4. The van der Waals surface area contributed by atoms with E-state index in [-0.39, 0.29) is 18.0 Å². The average molecular weight is 374 g/mol. The maximum atomic E-state index is 12.1. The summed E-state index contributed by atoms with van der Waals surface area (Å²) in [6.45, 7) is 1.74. The van der Waals surface area contributed by atoms with Crippen LogP contribution in [0.1, 0.15) is 12.5 Å². The Kier molecular flexibility index (Phi) is 7.06. The van der Waals surface area contributed by atoms with Gasteiger partial charge in [0.25, 0.3) is 5.91 Å². The second-order valence-corrected chi connectivity index (χ2v) is 7.69. The van der Waals surface area contributed by atoms with Crippen LogP contribution in [0.2, 0.25) is 0 Å². The fourth-order valence-corrected chi connectivity index (χ4v) is 3.47. The lowest BCUT2D eigenvalue weighted by Gasteiger charge is -2.11. The second-order valence-electron chi connectivity index (χ2n) is 5.92. The molecule has 0 heterocycles. The fraction of sp³-hybridized carbons (Fsp3) is 0.263. The number of Topliss-reactive ketones (excluding diaryl/α,β-unsaturated/α-hetero) is 1. The van der Waals surface area contributed by atoms with E-state index in [0.29, 0.717) is 6.42 Å². The lowest BCUT2D eigenvalue weighted by molar-refractivity contribution is -0.139. The van der Waals surface area contributed by atoms with Gasteiger partial charge in [-0.1, -0.05) is 55.5 Å². The van der Waals surface area contributed by atoms with Crippen LogP contribution < -0.4 is 10.0 Å². The van der Waals surface area contributed by atoms with Gasteiger partial charge in [-0.2, -0.15) is 0 Å². The highest BCUT2D eigenvalue weighted by Crippen LogP contribution is 2.09. The first-order chi connectivity index (χ1) is 12.4. The summed E-state index contributed by atoms with van der Waals surface area (Å²) in [7, 11) is -3.62. The number of nitrogens with one attached hydrogen (secondary N) is 2. The summed E-state index contributed by atoms with van der Waals surface area (Å²) in [4.78, 5) is 24.2. The molecule has 2 rings (SSSR count). The molecule has 0 aliphatic carbocycles. The highest BCUT2D eigenvalue weighted by Gasteiger charge is 2.21. The molecule has 0 fully saturated rings. The summed E-state index contributed by atoms with van der Waals surface area (Å²) in [5.74, 6) is -1.66. The van der Waals surface area contributed by atoms with Crippen LogP contribution >= 0.6 is 0 Å². The van der Waals surface area contributed by atoms with E-state index in [4.69, 9.17) is 0 Å². The largest absolute Gasteiger partial charge is 0.348 e. The Balaban J connectivity index is 1.77. The predicted molar refractivity (Wildman–Crippen MR) is 99.0 cm³/mol. The van der Waals surface area contributed by atoms with Gasteiger partial charge >= 0.3 is 0 Å². The van der Waals surface area contributed by atoms with E-state index in [1.165, 1.54) is 12.1 Å². The molecule has 6 nitrogen and oxygen atoms in total. The van der Waals surface area contributed by atoms with Gasteiger partial charge in [-0.3, -0.25) is 9.59 Å². The monoisotopic (exact) mass is 374 g/mol. The van der Waals surface area contributed by atoms with E-state index in [1.807, 2.05) is 30.3 Å². The molecule has 0 radical (unpaired) electrons. The van der Waals surface area contributed by atoms with Crippen molar-refractivity contribution in [2.24, 2.45) is 5.92 Å². The number of benzene rings is 2. The highest BCUT2D eigenvalue weighted by atomic mass is 32.2. The van der Waals surface area contributed by atoms with Gasteiger partial charge in [0.05, 0.1) is 4.90 Å². The van der Waals surface area contributed by atoms with Crippen molar-refractivity contribution in [1.29, 1.82) is 0 Å². The van der Waals surface area contributed by atoms with Crippen LogP contribution in [0.25, 0.3) is 0 Å². The zero-order valence-electron chi connectivity index (χ0n) is 14.5. The molecule has 0 aliphatic rings. The molecule has 2 aromatic carbocycles. The molecular formula is C19H22N2O4S. The Labute approximate surface area is 153 Å². The van der Waals surface area contributed by atoms with Gasteiger partial charge in [0.1, 0.15) is 0 Å². The molecule has 0 bridgehead atoms. The molecule has 138 valence electrons. The molecule has 7 heteroatoms. The molecule has 0 saturated heterocycles. The minimum atomic E-state index is -3.62. The summed E-state index contributed by atoms with van der Waals surface area (Å²) in [5, 5.41) is 2.46. The second kappa shape index (κ2) is 9.26. The third-order valence-corrected chi connectivity index (χ3v) is 5.29. The molecule has 0 aromatic heterocycles. The minimum Gasteiger partial charge on any atom is -0.348 e. The van der Waals surface area contributed by atoms with Crippen LogP contribution in [0, 0.1) is 5.92 Å². The van der Waals surface area contributed by atoms with Crippen molar-refractivity contribution >= 4 is 21.7 Å². The number of sulfonamides is 1. The third kappa shape index (κ3) is 5.79. The molecule has 0 spiro atoms. The number of rotatable bonds is 9. The molecule has 1 unspecified atom stereocenters. The lowest BCUT2D eigenvalue weighted by atomic mass is 9.97. The predicted octanol–water partition coefficient (Wildman–Crippen LogP) is 1.53. The van der Waals surface area contributed by atoms with Crippen LogP contribution in [0.3, 0.4) is 0 Å². The lowest BCUT2D eigenvalue weighted by Crippen LogP contribution is -2.39. The van der Waals surface area contributed by atoms with Crippen molar-refractivity contribution < 1.29 is 18.0 Å². The van der Waals surface area contributed by atoms with Crippen molar-refractivity contribution in [1.82, 2.24) is 10.0 Å². The number of carbonyl (C=O) groups excluding carboxylic acids is 2. The van der Waals surface area contributed by atoms with Crippen molar-refractivity contribution in [3.63, 3.8) is 0 Å². The van der Waals surface area contributed by atoms with E-state index >= 15 is 0 Å². The molecule has 0 saturated carbocycles. The van der Waals surface area contributed by atoms with Gasteiger partial charge < -0.3 is 5.32 Å². The standard InChI is InChI=1S/C19H22N2O4S/c1-15(14-16-8-4-2-5-9-16)18(22)19(23)20-12-13-21-26(24,25)17-10-6-3-7-11-17/h2-11,15,21H,12-14H2,1H3,(H,20,23). The maximum absolute atomic E-state index is 12.1. The Bertz CT molecular complexity index is 836. The van der Waals surface area contributed by atoms with E-state index in [1.54, 1.807) is 25.1 Å². The van der Waals surface area contributed by atoms with E-state index in [0.717, 1.165) is 5.56 Å². The Morgan fingerprint density at radius 2 is 1.50 bits per heavy atom. The van der Waals surface area contributed by atoms with Crippen LogP contribution in [0.4, 0.5) is 0 Å². The Morgan fingerprint density at radius 1 is 0.923 bits per heavy atom. The zero-order chi connectivity index (χ0) is 19.0. The van der Waals surface area contributed by atoms with E-state index in [9.17, 15) is 18.0 Å². The van der Waals surface area contributed by atoms with Gasteiger partial charge in [-0.25, -0.2) is 13.1 Å². The first-order valence-corrected chi connectivity index (χ1v) is 9.79. The maximum Gasteiger partial charge on any atom is 0.287 e. The third-order valence-electron chi connectivity index (χ3n) is 3.81. The van der Waals surface area contributed by atoms with E-state index in [2.05, 4.69) is 10.0 Å². The van der Waals surface area contributed by atoms with E-state index < -0.39 is 27.6 Å². The summed E-state index contributed by atoms with van der Waals surface area (Å²) in [6, 6.07) is 17.4. The first-order valence-electron chi connectivity index (χ1n) is 8.31. The van der Waals surface area contributed by atoms with Crippen molar-refractivity contribution in [3.8, 4) is 0 Å². The highest BCUT2D eigenvalue weighted by molar-refractivity contribution is 7.89. The fourth-order valence-electron chi connectivity index (χ4n) is 2.42. The van der Waals surface area contributed by atoms with Crippen LogP contribution in [-0.2, 0) is 26.0 Å². The van der Waals surface area contributed by atoms with Gasteiger partial charge in [0, 0.05) is 19.0 Å². The molecule has 26 heavy (non-hydrogen) atoms. The Morgan fingerprint density at radius 3 is 2.12 bits per heavy atom. The topological polar surface area (TPSA) is 92.3 Å². The molecule has 0 aliphatic heterocycles. The Hall–Kier alpha value is -2.51. The van der Waals surface area contributed by atoms with Crippen molar-refractivity contribution in [2.45, 2.75) is 18.2 Å². The van der Waals surface area contributed by atoms with Crippen molar-refractivity contribution in [3.05, 3.63) is 66.2 Å². The number of carbonyl (C=O) groups is 2. The molecular weight excluding hydrogens is 352 g/mol. The van der Waals surface area contributed by atoms with Gasteiger partial charge in [-0.15, -0.1) is 0 Å². The van der Waals surface area contributed by atoms with Crippen LogP contribution in [0.5, 0.6) is 0 Å². The quantitative estimate of drug-likeness (QED) is 0.514. The summed E-state index contributed by atoms with van der Waals surface area (Å²) >= 11 is 0. The van der Waals surface area contributed by atoms with Crippen LogP contribution in [0.15, 0.2) is 65.6 Å². The number of hydrogen-bond acceptors (Lipinski definition) is 4. The summed E-state index contributed by atoms with van der Waals surface area (Å²) in [6.07, 6.45) is 0.480. The number of ketones is 1. The number of amides is 1. The van der Waals surface area contributed by atoms with Gasteiger partial charge in [-0.05, 0) is 24.1 Å². The smallest absolute Gasteiger partial charge is 0.287 e. The zero-order valence-corrected chi connectivity index (χ0v) is 15.3. The minimum absolute atomic E-state index is 0.00329. The average Bonchev–Trinajstić information content (AvgIpc) is 2.66. The van der Waals surface area contributed by atoms with Gasteiger partial charge in [0.15, 0.2) is 0 Å². The van der Waals surface area contributed by atoms with Crippen LogP contribution in [-0.4, -0.2) is 33.2 Å². The molecule has 2 N–H and O–H groups in total. The first kappa shape index (κ1) is 19.8. The van der Waals surface area contributed by atoms with Crippen molar-refractivity contribution in [2.75, 3.05) is 13.1 Å². The normalized spacial score (nSPS) is 12.3. The molecule has 1 atom stereocenters. The molecule has 2 aromatic rings. The molecule has 1 amide bonds. The van der Waals surface area contributed by atoms with Gasteiger partial charge in [0.2, 0.25) is 15.8 Å².